The van der Waals surface area contributed by atoms with Crippen LogP contribution in [-0.2, 0) is 9.59 Å². The molecular weight excluding hydrogens is 420 g/mol. The molecule has 1 atom stereocenters. The van der Waals surface area contributed by atoms with Gasteiger partial charge in [0, 0.05) is 18.7 Å². The van der Waals surface area contributed by atoms with E-state index in [-0.39, 0.29) is 17.4 Å². The van der Waals surface area contributed by atoms with Crippen LogP contribution in [0.4, 0.5) is 0 Å². The van der Waals surface area contributed by atoms with Crippen molar-refractivity contribution in [2.45, 2.75) is 32.9 Å². The van der Waals surface area contributed by atoms with E-state index >= 15 is 0 Å². The molecule has 33 heavy (non-hydrogen) atoms. The molecule has 2 aromatic carbocycles. The number of ether oxygens (including phenoxy) is 2. The van der Waals surface area contributed by atoms with Crippen LogP contribution in [0.3, 0.4) is 0 Å². The van der Waals surface area contributed by atoms with E-state index < -0.39 is 17.7 Å². The number of hydrogen-bond acceptors (Lipinski definition) is 6. The molecule has 0 aromatic heterocycles. The largest absolute Gasteiger partial charge is 0.507 e. The minimum atomic E-state index is -0.690. The van der Waals surface area contributed by atoms with Crippen LogP contribution in [0.2, 0.25) is 0 Å². The molecule has 1 fully saturated rings. The van der Waals surface area contributed by atoms with Gasteiger partial charge in [0.05, 0.1) is 24.3 Å². The number of benzene rings is 2. The number of carbonyl (C=O) groups is 2. The van der Waals surface area contributed by atoms with Crippen LogP contribution in [0.25, 0.3) is 5.76 Å². The number of aliphatic hydroxyl groups is 1. The second-order valence-electron chi connectivity index (χ2n) is 8.49. The molecule has 1 aliphatic rings. The molecule has 1 saturated heterocycles. The SMILES string of the molecule is CCOc1ccc(/C(O)=C2\C(=O)C(=O)N(CCN(C)C)C2c2ccc(OC(C)C)cc2)cc1. The average Bonchev–Trinajstić information content (AvgIpc) is 3.03. The first kappa shape index (κ1) is 24.3. The van der Waals surface area contributed by atoms with Gasteiger partial charge in [-0.2, -0.15) is 0 Å². The Kier molecular flexibility index (Phi) is 7.76. The van der Waals surface area contributed by atoms with E-state index in [4.69, 9.17) is 9.47 Å². The molecule has 0 saturated carbocycles. The van der Waals surface area contributed by atoms with Crippen LogP contribution in [0, 0.1) is 0 Å². The highest BCUT2D eigenvalue weighted by Gasteiger charge is 2.45. The highest BCUT2D eigenvalue weighted by molar-refractivity contribution is 6.46. The molecule has 1 aliphatic heterocycles. The van der Waals surface area contributed by atoms with E-state index in [0.717, 1.165) is 5.56 Å². The predicted octanol–water partition coefficient (Wildman–Crippen LogP) is 3.86. The molecular formula is C26H32N2O5. The van der Waals surface area contributed by atoms with Crippen molar-refractivity contribution in [1.82, 2.24) is 9.80 Å². The Labute approximate surface area is 195 Å². The highest BCUT2D eigenvalue weighted by atomic mass is 16.5. The zero-order valence-electron chi connectivity index (χ0n) is 19.9. The highest BCUT2D eigenvalue weighted by Crippen LogP contribution is 2.39. The van der Waals surface area contributed by atoms with Crippen LogP contribution in [0.15, 0.2) is 54.1 Å². The van der Waals surface area contributed by atoms with E-state index in [1.807, 2.05) is 64.0 Å². The number of aliphatic hydroxyl groups excluding tert-OH is 1. The maximum absolute atomic E-state index is 13.1. The lowest BCUT2D eigenvalue weighted by Crippen LogP contribution is -2.35. The van der Waals surface area contributed by atoms with Gasteiger partial charge in [0.2, 0.25) is 0 Å². The molecule has 1 heterocycles. The van der Waals surface area contributed by atoms with Crippen molar-refractivity contribution in [1.29, 1.82) is 0 Å². The van der Waals surface area contributed by atoms with Gasteiger partial charge in [-0.3, -0.25) is 9.59 Å². The van der Waals surface area contributed by atoms with Gasteiger partial charge in [-0.25, -0.2) is 0 Å². The van der Waals surface area contributed by atoms with E-state index in [2.05, 4.69) is 0 Å². The summed E-state index contributed by atoms with van der Waals surface area (Å²) in [7, 11) is 3.81. The van der Waals surface area contributed by atoms with E-state index in [9.17, 15) is 14.7 Å². The molecule has 2 aromatic rings. The molecule has 7 nitrogen and oxygen atoms in total. The summed E-state index contributed by atoms with van der Waals surface area (Å²) in [6.45, 7) is 7.24. The third-order valence-corrected chi connectivity index (χ3v) is 5.33. The molecule has 176 valence electrons. The van der Waals surface area contributed by atoms with Crippen molar-refractivity contribution in [3.8, 4) is 11.5 Å². The standard InChI is InChI=1S/C26H32N2O5/c1-6-32-20-11-9-19(10-12-20)24(29)22-23(18-7-13-21(14-8-18)33-17(2)3)28(16-15-27(4)5)26(31)25(22)30/h7-14,17,23,29H,6,15-16H2,1-5H3/b24-22+. The van der Waals surface area contributed by atoms with Crippen LogP contribution < -0.4 is 9.47 Å². The zero-order chi connectivity index (χ0) is 24.1. The Balaban J connectivity index is 2.06. The summed E-state index contributed by atoms with van der Waals surface area (Å²) in [4.78, 5) is 29.5. The first-order chi connectivity index (χ1) is 15.7. The number of carbonyl (C=O) groups excluding carboxylic acids is 2. The van der Waals surface area contributed by atoms with Gasteiger partial charge in [0.15, 0.2) is 0 Å². The lowest BCUT2D eigenvalue weighted by molar-refractivity contribution is -0.140. The third kappa shape index (κ3) is 5.54. The average molecular weight is 453 g/mol. The van der Waals surface area contributed by atoms with Gasteiger partial charge in [-0.1, -0.05) is 12.1 Å². The lowest BCUT2D eigenvalue weighted by Gasteiger charge is -2.26. The zero-order valence-corrected chi connectivity index (χ0v) is 19.9. The fraction of sp³-hybridized carbons (Fsp3) is 0.385. The van der Waals surface area contributed by atoms with Crippen LogP contribution in [-0.4, -0.2) is 66.5 Å². The maximum atomic E-state index is 13.1. The monoisotopic (exact) mass is 452 g/mol. The maximum Gasteiger partial charge on any atom is 0.295 e. The number of nitrogens with zero attached hydrogens (tertiary/aromatic N) is 2. The van der Waals surface area contributed by atoms with Gasteiger partial charge in [0.1, 0.15) is 17.3 Å². The number of hydrogen-bond donors (Lipinski definition) is 1. The smallest absolute Gasteiger partial charge is 0.295 e. The molecule has 3 rings (SSSR count). The van der Waals surface area contributed by atoms with Gasteiger partial charge in [-0.05, 0) is 76.8 Å². The van der Waals surface area contributed by atoms with Gasteiger partial charge in [-0.15, -0.1) is 0 Å². The fourth-order valence-electron chi connectivity index (χ4n) is 3.80. The molecule has 1 amide bonds. The number of Topliss-reactive ketones (excluding diaryl/α,β-unsaturated/α-hetero) is 1. The molecule has 1 unspecified atom stereocenters. The molecule has 1 N–H and O–H groups in total. The summed E-state index contributed by atoms with van der Waals surface area (Å²) in [5.41, 5.74) is 1.27. The lowest BCUT2D eigenvalue weighted by atomic mass is 9.95. The molecule has 7 heteroatoms. The Morgan fingerprint density at radius 2 is 1.64 bits per heavy atom. The first-order valence-corrected chi connectivity index (χ1v) is 11.2. The molecule has 0 spiro atoms. The minimum absolute atomic E-state index is 0.0289. The summed E-state index contributed by atoms with van der Waals surface area (Å²) < 4.78 is 11.2. The molecule has 0 aliphatic carbocycles. The van der Waals surface area contributed by atoms with Crippen LogP contribution in [0.1, 0.15) is 37.9 Å². The second-order valence-corrected chi connectivity index (χ2v) is 8.49. The molecule has 0 bridgehead atoms. The van der Waals surface area contributed by atoms with Gasteiger partial charge in [0.25, 0.3) is 11.7 Å². The van der Waals surface area contributed by atoms with Crippen LogP contribution >= 0.6 is 0 Å². The van der Waals surface area contributed by atoms with E-state index in [1.165, 1.54) is 4.90 Å². The van der Waals surface area contributed by atoms with E-state index in [1.54, 1.807) is 24.3 Å². The Morgan fingerprint density at radius 1 is 1.03 bits per heavy atom. The van der Waals surface area contributed by atoms with Crippen molar-refractivity contribution in [2.75, 3.05) is 33.8 Å². The summed E-state index contributed by atoms with van der Waals surface area (Å²) >= 11 is 0. The summed E-state index contributed by atoms with van der Waals surface area (Å²) in [5.74, 6) is -0.135. The second kappa shape index (κ2) is 10.5. The summed E-state index contributed by atoms with van der Waals surface area (Å²) in [5, 5.41) is 11.1. The summed E-state index contributed by atoms with van der Waals surface area (Å²) in [6.07, 6.45) is 0.0289. The van der Waals surface area contributed by atoms with Crippen molar-refractivity contribution in [3.05, 3.63) is 65.2 Å². The van der Waals surface area contributed by atoms with Crippen molar-refractivity contribution < 1.29 is 24.2 Å². The van der Waals surface area contributed by atoms with E-state index in [0.29, 0.717) is 36.8 Å². The molecule has 0 radical (unpaired) electrons. The van der Waals surface area contributed by atoms with Crippen molar-refractivity contribution in [2.24, 2.45) is 0 Å². The fourth-order valence-corrected chi connectivity index (χ4v) is 3.80. The quantitative estimate of drug-likeness (QED) is 0.354. The Bertz CT molecular complexity index is 1010. The normalized spacial score (nSPS) is 17.8. The minimum Gasteiger partial charge on any atom is -0.507 e. The number of ketones is 1. The number of likely N-dealkylation sites (N-methyl/N-ethyl adjacent to an activating group) is 1. The van der Waals surface area contributed by atoms with Crippen LogP contribution in [0.5, 0.6) is 11.5 Å². The predicted molar refractivity (Wildman–Crippen MR) is 127 cm³/mol. The summed E-state index contributed by atoms with van der Waals surface area (Å²) in [6, 6.07) is 13.4. The van der Waals surface area contributed by atoms with Gasteiger partial charge >= 0.3 is 0 Å². The number of amides is 1. The Hall–Kier alpha value is -3.32. The van der Waals surface area contributed by atoms with Gasteiger partial charge < -0.3 is 24.4 Å². The topological polar surface area (TPSA) is 79.3 Å². The van der Waals surface area contributed by atoms with Crippen molar-refractivity contribution in [3.63, 3.8) is 0 Å². The van der Waals surface area contributed by atoms with Crippen molar-refractivity contribution >= 4 is 17.4 Å². The first-order valence-electron chi connectivity index (χ1n) is 11.2. The third-order valence-electron chi connectivity index (χ3n) is 5.33. The Morgan fingerprint density at radius 3 is 2.18 bits per heavy atom. The number of likely N-dealkylation sites (tertiary alicyclic amines) is 1. The number of rotatable bonds is 9.